The van der Waals surface area contributed by atoms with Crippen LogP contribution in [0.5, 0.6) is 0 Å². The molecule has 0 saturated heterocycles. The number of guanidine groups is 1. The number of aryl methyl sites for hydroxylation is 2. The molecule has 0 aromatic carbocycles. The summed E-state index contributed by atoms with van der Waals surface area (Å²) in [5.41, 5.74) is 1.16. The molecule has 0 aliphatic rings. The Balaban J connectivity index is 1.95. The van der Waals surface area contributed by atoms with E-state index in [-0.39, 0.29) is 0 Å². The lowest BCUT2D eigenvalue weighted by Gasteiger charge is -2.21. The number of aliphatic imine (C=N–C) groups is 1. The summed E-state index contributed by atoms with van der Waals surface area (Å²) in [5.74, 6) is 1.75. The van der Waals surface area contributed by atoms with Crippen molar-refractivity contribution in [2.24, 2.45) is 12.0 Å². The van der Waals surface area contributed by atoms with Crippen molar-refractivity contribution >= 4 is 5.96 Å². The highest BCUT2D eigenvalue weighted by atomic mass is 15.4. The predicted molar refractivity (Wildman–Crippen MR) is 85.4 cm³/mol. The van der Waals surface area contributed by atoms with Crippen LogP contribution in [-0.2, 0) is 20.1 Å². The van der Waals surface area contributed by atoms with Gasteiger partial charge in [-0.15, -0.1) is 0 Å². The number of hydrogen-bond acceptors (Lipinski definition) is 4. The first-order chi connectivity index (χ1) is 10.6. The molecular formula is C14H24N8. The maximum absolute atomic E-state index is 4.64. The molecule has 0 atom stereocenters. The van der Waals surface area contributed by atoms with Crippen molar-refractivity contribution < 1.29 is 0 Å². The normalized spacial score (nSPS) is 11.7. The molecule has 0 saturated carbocycles. The Morgan fingerprint density at radius 1 is 1.41 bits per heavy atom. The molecule has 0 bridgehead atoms. The fraction of sp³-hybridized carbons (Fsp3) is 0.571. The lowest BCUT2D eigenvalue weighted by atomic mass is 10.4. The number of hydrogen-bond donors (Lipinski definition) is 1. The Kier molecular flexibility index (Phi) is 5.51. The van der Waals surface area contributed by atoms with Gasteiger partial charge in [-0.3, -0.25) is 14.4 Å². The number of rotatable bonds is 6. The van der Waals surface area contributed by atoms with Crippen LogP contribution < -0.4 is 5.32 Å². The van der Waals surface area contributed by atoms with Crippen LogP contribution in [0, 0.1) is 6.92 Å². The van der Waals surface area contributed by atoms with Crippen molar-refractivity contribution in [2.45, 2.75) is 26.9 Å². The third-order valence-corrected chi connectivity index (χ3v) is 3.23. The highest BCUT2D eigenvalue weighted by Gasteiger charge is 2.09. The minimum Gasteiger partial charge on any atom is -0.357 e. The molecule has 2 rings (SSSR count). The summed E-state index contributed by atoms with van der Waals surface area (Å²) in [7, 11) is 3.88. The van der Waals surface area contributed by atoms with E-state index in [0.29, 0.717) is 13.1 Å². The van der Waals surface area contributed by atoms with Gasteiger partial charge in [-0.2, -0.15) is 10.2 Å². The van der Waals surface area contributed by atoms with Gasteiger partial charge in [-0.1, -0.05) is 0 Å². The molecule has 22 heavy (non-hydrogen) atoms. The molecular weight excluding hydrogens is 280 g/mol. The molecule has 1 N–H and O–H groups in total. The second-order valence-electron chi connectivity index (χ2n) is 5.17. The maximum Gasteiger partial charge on any atom is 0.194 e. The quantitative estimate of drug-likeness (QED) is 0.618. The summed E-state index contributed by atoms with van der Waals surface area (Å²) in [5, 5.41) is 11.6. The van der Waals surface area contributed by atoms with E-state index in [0.717, 1.165) is 30.4 Å². The fourth-order valence-corrected chi connectivity index (χ4v) is 2.07. The summed E-state index contributed by atoms with van der Waals surface area (Å²) in [6.45, 7) is 7.01. The van der Waals surface area contributed by atoms with E-state index >= 15 is 0 Å². The van der Waals surface area contributed by atoms with Crippen molar-refractivity contribution in [1.29, 1.82) is 0 Å². The van der Waals surface area contributed by atoms with Gasteiger partial charge in [-0.25, -0.2) is 4.98 Å². The number of aromatic nitrogens is 5. The average Bonchev–Trinajstić information content (AvgIpc) is 3.07. The summed E-state index contributed by atoms with van der Waals surface area (Å²) < 4.78 is 3.68. The van der Waals surface area contributed by atoms with Crippen molar-refractivity contribution in [3.63, 3.8) is 0 Å². The first kappa shape index (κ1) is 16.0. The van der Waals surface area contributed by atoms with Gasteiger partial charge in [0.2, 0.25) is 0 Å². The Morgan fingerprint density at radius 2 is 2.23 bits per heavy atom. The van der Waals surface area contributed by atoms with Crippen molar-refractivity contribution in [3.8, 4) is 0 Å². The number of nitrogens with zero attached hydrogens (tertiary/aromatic N) is 7. The molecule has 0 spiro atoms. The van der Waals surface area contributed by atoms with Gasteiger partial charge in [0, 0.05) is 26.8 Å². The van der Waals surface area contributed by atoms with Gasteiger partial charge >= 0.3 is 0 Å². The van der Waals surface area contributed by atoms with Crippen LogP contribution in [0.25, 0.3) is 0 Å². The molecule has 0 fully saturated rings. The molecule has 0 aliphatic heterocycles. The van der Waals surface area contributed by atoms with E-state index in [2.05, 4.69) is 32.4 Å². The van der Waals surface area contributed by atoms with Gasteiger partial charge in [0.15, 0.2) is 5.96 Å². The fourth-order valence-electron chi connectivity index (χ4n) is 2.07. The van der Waals surface area contributed by atoms with Gasteiger partial charge in [0.05, 0.1) is 25.8 Å². The summed E-state index contributed by atoms with van der Waals surface area (Å²) in [6, 6.07) is 0. The van der Waals surface area contributed by atoms with E-state index < -0.39 is 0 Å². The highest BCUT2D eigenvalue weighted by molar-refractivity contribution is 5.79. The van der Waals surface area contributed by atoms with Crippen molar-refractivity contribution in [3.05, 3.63) is 30.1 Å². The van der Waals surface area contributed by atoms with E-state index in [9.17, 15) is 0 Å². The largest absolute Gasteiger partial charge is 0.357 e. The van der Waals surface area contributed by atoms with Crippen LogP contribution >= 0.6 is 0 Å². The molecule has 8 nitrogen and oxygen atoms in total. The smallest absolute Gasteiger partial charge is 0.194 e. The lowest BCUT2D eigenvalue weighted by Crippen LogP contribution is -2.39. The predicted octanol–water partition coefficient (Wildman–Crippen LogP) is 0.418. The molecule has 8 heteroatoms. The molecule has 2 aromatic heterocycles. The molecule has 2 aromatic rings. The molecule has 2 heterocycles. The topological polar surface area (TPSA) is 76.2 Å². The van der Waals surface area contributed by atoms with E-state index in [4.69, 9.17) is 0 Å². The average molecular weight is 304 g/mol. The Hall–Kier alpha value is -2.38. The zero-order chi connectivity index (χ0) is 15.9. The molecule has 0 aliphatic carbocycles. The molecule has 0 unspecified atom stereocenters. The highest BCUT2D eigenvalue weighted by Crippen LogP contribution is 1.99. The van der Waals surface area contributed by atoms with Crippen LogP contribution in [0.15, 0.2) is 23.7 Å². The van der Waals surface area contributed by atoms with Crippen LogP contribution in [0.2, 0.25) is 0 Å². The Bertz CT molecular complexity index is 612. The molecule has 0 radical (unpaired) electrons. The van der Waals surface area contributed by atoms with Crippen LogP contribution in [0.1, 0.15) is 18.3 Å². The van der Waals surface area contributed by atoms with E-state index in [1.54, 1.807) is 11.0 Å². The van der Waals surface area contributed by atoms with E-state index in [1.807, 2.05) is 43.0 Å². The zero-order valence-corrected chi connectivity index (χ0v) is 13.7. The molecule has 0 amide bonds. The first-order valence-corrected chi connectivity index (χ1v) is 7.41. The third kappa shape index (κ3) is 4.31. The summed E-state index contributed by atoms with van der Waals surface area (Å²) >= 11 is 0. The maximum atomic E-state index is 4.64. The van der Waals surface area contributed by atoms with Gasteiger partial charge in [-0.05, 0) is 19.4 Å². The second kappa shape index (κ2) is 7.58. The van der Waals surface area contributed by atoms with Crippen LogP contribution in [0.3, 0.4) is 0 Å². The Morgan fingerprint density at radius 3 is 2.82 bits per heavy atom. The summed E-state index contributed by atoms with van der Waals surface area (Å²) in [4.78, 5) is 10.9. The monoisotopic (exact) mass is 304 g/mol. The minimum atomic E-state index is 0.656. The Labute approximate surface area is 130 Å². The van der Waals surface area contributed by atoms with Crippen molar-refractivity contribution in [1.82, 2.24) is 34.8 Å². The van der Waals surface area contributed by atoms with Gasteiger partial charge < -0.3 is 10.2 Å². The lowest BCUT2D eigenvalue weighted by molar-refractivity contribution is 0.447. The van der Waals surface area contributed by atoms with Gasteiger partial charge in [0.25, 0.3) is 0 Å². The number of nitrogens with one attached hydrogen (secondary N) is 1. The SMILES string of the molecule is CCNC(=NCCn1cc(C)cn1)N(C)Cc1ncnn1C. The van der Waals surface area contributed by atoms with Crippen molar-refractivity contribution in [2.75, 3.05) is 20.1 Å². The van der Waals surface area contributed by atoms with Gasteiger partial charge in [0.1, 0.15) is 12.2 Å². The van der Waals surface area contributed by atoms with Crippen LogP contribution in [0.4, 0.5) is 0 Å². The standard InChI is InChI=1S/C14H24N8/c1-5-15-14(16-6-7-22-9-12(2)8-18-22)20(3)10-13-17-11-19-21(13)4/h8-9,11H,5-7,10H2,1-4H3,(H,15,16). The second-order valence-corrected chi connectivity index (χ2v) is 5.17. The van der Waals surface area contributed by atoms with Crippen LogP contribution in [-0.4, -0.2) is 55.5 Å². The summed E-state index contributed by atoms with van der Waals surface area (Å²) in [6.07, 6.45) is 5.44. The van der Waals surface area contributed by atoms with E-state index in [1.165, 1.54) is 0 Å². The minimum absolute atomic E-state index is 0.656. The zero-order valence-electron chi connectivity index (χ0n) is 13.7. The third-order valence-electron chi connectivity index (χ3n) is 3.23. The molecule has 120 valence electrons. The first-order valence-electron chi connectivity index (χ1n) is 7.41.